The fourth-order valence-electron chi connectivity index (χ4n) is 2.27. The highest BCUT2D eigenvalue weighted by Crippen LogP contribution is 2.23. The van der Waals surface area contributed by atoms with Gasteiger partial charge in [-0.05, 0) is 32.8 Å². The summed E-state index contributed by atoms with van der Waals surface area (Å²) in [5, 5.41) is 9.40. The molecular weight excluding hydrogens is 234 g/mol. The lowest BCUT2D eigenvalue weighted by Gasteiger charge is -2.28. The van der Waals surface area contributed by atoms with E-state index in [2.05, 4.69) is 74.0 Å². The van der Waals surface area contributed by atoms with Gasteiger partial charge in [0.05, 0.1) is 17.8 Å². The Morgan fingerprint density at radius 3 is 2.53 bits per heavy atom. The molecule has 0 saturated carbocycles. The van der Waals surface area contributed by atoms with Gasteiger partial charge in [-0.25, -0.2) is 0 Å². The van der Waals surface area contributed by atoms with Crippen molar-refractivity contribution in [1.82, 2.24) is 15.1 Å². The number of fused-ring (bicyclic) bond motifs is 1. The maximum atomic E-state index is 4.59. The van der Waals surface area contributed by atoms with Crippen LogP contribution in [-0.4, -0.2) is 21.9 Å². The lowest BCUT2D eigenvalue weighted by atomic mass is 10.0. The summed E-state index contributed by atoms with van der Waals surface area (Å²) in [7, 11) is 0. The monoisotopic (exact) mass is 259 g/mol. The van der Waals surface area contributed by atoms with Crippen molar-refractivity contribution in [2.75, 3.05) is 6.54 Å². The van der Waals surface area contributed by atoms with Crippen molar-refractivity contribution in [1.29, 1.82) is 0 Å². The van der Waals surface area contributed by atoms with Gasteiger partial charge in [0.1, 0.15) is 0 Å². The van der Waals surface area contributed by atoms with Crippen molar-refractivity contribution in [3.63, 3.8) is 0 Å². The largest absolute Gasteiger partial charge is 0.310 e. The molecule has 0 bridgehead atoms. The third kappa shape index (κ3) is 3.35. The fraction of sp³-hybridized carbons (Fsp3) is 0.562. The molecule has 19 heavy (non-hydrogen) atoms. The van der Waals surface area contributed by atoms with Gasteiger partial charge in [-0.15, -0.1) is 0 Å². The Balaban J connectivity index is 2.29. The molecule has 0 radical (unpaired) electrons. The molecule has 1 N–H and O–H groups in total. The Labute approximate surface area is 116 Å². The van der Waals surface area contributed by atoms with Crippen molar-refractivity contribution in [3.8, 4) is 0 Å². The summed E-state index contributed by atoms with van der Waals surface area (Å²) in [6.07, 6.45) is 1.96. The number of hydrogen-bond acceptors (Lipinski definition) is 2. The summed E-state index contributed by atoms with van der Waals surface area (Å²) in [6.45, 7) is 12.0. The molecule has 0 aliphatic rings. The SMILES string of the molecule is CC(C)C(CNC(C)(C)C)n1ncc2ccccc21. The first-order valence-corrected chi connectivity index (χ1v) is 7.06. The van der Waals surface area contributed by atoms with Crippen LogP contribution in [0.1, 0.15) is 40.7 Å². The minimum Gasteiger partial charge on any atom is -0.310 e. The van der Waals surface area contributed by atoms with Crippen molar-refractivity contribution in [3.05, 3.63) is 30.5 Å². The van der Waals surface area contributed by atoms with Gasteiger partial charge in [-0.2, -0.15) is 5.10 Å². The van der Waals surface area contributed by atoms with Crippen molar-refractivity contribution >= 4 is 10.9 Å². The number of nitrogens with zero attached hydrogens (tertiary/aromatic N) is 2. The highest BCUT2D eigenvalue weighted by molar-refractivity contribution is 5.78. The Morgan fingerprint density at radius 1 is 1.21 bits per heavy atom. The zero-order valence-electron chi connectivity index (χ0n) is 12.6. The van der Waals surface area contributed by atoms with E-state index in [-0.39, 0.29) is 5.54 Å². The van der Waals surface area contributed by atoms with Crippen LogP contribution in [0.5, 0.6) is 0 Å². The maximum Gasteiger partial charge on any atom is 0.0686 e. The van der Waals surface area contributed by atoms with Gasteiger partial charge in [0.25, 0.3) is 0 Å². The number of aromatic nitrogens is 2. The van der Waals surface area contributed by atoms with Gasteiger partial charge in [0.2, 0.25) is 0 Å². The Morgan fingerprint density at radius 2 is 1.89 bits per heavy atom. The van der Waals surface area contributed by atoms with Crippen LogP contribution in [0.2, 0.25) is 0 Å². The summed E-state index contributed by atoms with van der Waals surface area (Å²) >= 11 is 0. The normalized spacial score (nSPS) is 14.2. The summed E-state index contributed by atoms with van der Waals surface area (Å²) in [5.74, 6) is 0.540. The molecule has 0 aliphatic heterocycles. The van der Waals surface area contributed by atoms with Crippen LogP contribution in [-0.2, 0) is 0 Å². The van der Waals surface area contributed by atoms with E-state index < -0.39 is 0 Å². The predicted octanol–water partition coefficient (Wildman–Crippen LogP) is 3.62. The molecular formula is C16H25N3. The second-order valence-electron chi connectivity index (χ2n) is 6.59. The van der Waals surface area contributed by atoms with E-state index in [1.807, 2.05) is 6.20 Å². The minimum atomic E-state index is 0.135. The van der Waals surface area contributed by atoms with Gasteiger partial charge >= 0.3 is 0 Å². The molecule has 1 unspecified atom stereocenters. The van der Waals surface area contributed by atoms with Crippen LogP contribution < -0.4 is 5.32 Å². The second-order valence-corrected chi connectivity index (χ2v) is 6.59. The average molecular weight is 259 g/mol. The molecule has 3 heteroatoms. The van der Waals surface area contributed by atoms with E-state index in [1.165, 1.54) is 10.9 Å². The third-order valence-electron chi connectivity index (χ3n) is 3.43. The lowest BCUT2D eigenvalue weighted by Crippen LogP contribution is -2.41. The van der Waals surface area contributed by atoms with E-state index in [1.54, 1.807) is 0 Å². The quantitative estimate of drug-likeness (QED) is 0.909. The Kier molecular flexibility index (Phi) is 3.95. The van der Waals surface area contributed by atoms with Crippen LogP contribution in [0.15, 0.2) is 30.5 Å². The molecule has 2 rings (SSSR count). The van der Waals surface area contributed by atoms with Crippen LogP contribution in [0.25, 0.3) is 10.9 Å². The molecule has 1 heterocycles. The van der Waals surface area contributed by atoms with Crippen LogP contribution >= 0.6 is 0 Å². The minimum absolute atomic E-state index is 0.135. The molecule has 0 spiro atoms. The van der Waals surface area contributed by atoms with Crippen molar-refractivity contribution in [2.24, 2.45) is 5.92 Å². The van der Waals surface area contributed by atoms with Crippen molar-refractivity contribution < 1.29 is 0 Å². The number of para-hydroxylation sites is 1. The fourth-order valence-corrected chi connectivity index (χ4v) is 2.27. The summed E-state index contributed by atoms with van der Waals surface area (Å²) < 4.78 is 2.17. The van der Waals surface area contributed by atoms with Gasteiger partial charge in [0.15, 0.2) is 0 Å². The van der Waals surface area contributed by atoms with Crippen LogP contribution in [0.3, 0.4) is 0 Å². The third-order valence-corrected chi connectivity index (χ3v) is 3.43. The van der Waals surface area contributed by atoms with E-state index in [9.17, 15) is 0 Å². The molecule has 1 atom stereocenters. The first-order chi connectivity index (χ1) is 8.88. The average Bonchev–Trinajstić information content (AvgIpc) is 2.72. The standard InChI is InChI=1S/C16H25N3/c1-12(2)15(11-17-16(3,4)5)19-14-9-7-6-8-13(14)10-18-19/h6-10,12,15,17H,11H2,1-5H3. The van der Waals surface area contributed by atoms with Crippen LogP contribution in [0, 0.1) is 5.92 Å². The van der Waals surface area contributed by atoms with Gasteiger partial charge < -0.3 is 5.32 Å². The molecule has 0 saturated heterocycles. The molecule has 0 aliphatic carbocycles. The first kappa shape index (κ1) is 14.1. The Hall–Kier alpha value is -1.35. The van der Waals surface area contributed by atoms with Gasteiger partial charge in [-0.1, -0.05) is 32.0 Å². The lowest BCUT2D eigenvalue weighted by molar-refractivity contribution is 0.300. The smallest absolute Gasteiger partial charge is 0.0686 e. The first-order valence-electron chi connectivity index (χ1n) is 7.06. The van der Waals surface area contributed by atoms with Crippen LogP contribution in [0.4, 0.5) is 0 Å². The topological polar surface area (TPSA) is 29.9 Å². The Bertz CT molecular complexity index is 534. The highest BCUT2D eigenvalue weighted by atomic mass is 15.3. The zero-order valence-corrected chi connectivity index (χ0v) is 12.6. The molecule has 0 fully saturated rings. The molecule has 1 aromatic carbocycles. The maximum absolute atomic E-state index is 4.59. The van der Waals surface area contributed by atoms with Gasteiger partial charge in [-0.3, -0.25) is 4.68 Å². The highest BCUT2D eigenvalue weighted by Gasteiger charge is 2.20. The zero-order chi connectivity index (χ0) is 14.0. The molecule has 3 nitrogen and oxygen atoms in total. The number of nitrogens with one attached hydrogen (secondary N) is 1. The predicted molar refractivity (Wildman–Crippen MR) is 81.4 cm³/mol. The van der Waals surface area contributed by atoms with E-state index >= 15 is 0 Å². The summed E-state index contributed by atoms with van der Waals surface area (Å²) in [6, 6.07) is 8.78. The van der Waals surface area contributed by atoms with E-state index in [4.69, 9.17) is 0 Å². The molecule has 1 aromatic heterocycles. The number of hydrogen-bond donors (Lipinski definition) is 1. The summed E-state index contributed by atoms with van der Waals surface area (Å²) in [4.78, 5) is 0. The second kappa shape index (κ2) is 5.33. The number of benzene rings is 1. The molecule has 0 amide bonds. The van der Waals surface area contributed by atoms with Gasteiger partial charge in [0, 0.05) is 17.5 Å². The summed E-state index contributed by atoms with van der Waals surface area (Å²) in [5.41, 5.74) is 1.35. The number of rotatable bonds is 4. The molecule has 104 valence electrons. The van der Waals surface area contributed by atoms with E-state index in [0.717, 1.165) is 6.54 Å². The van der Waals surface area contributed by atoms with E-state index in [0.29, 0.717) is 12.0 Å². The van der Waals surface area contributed by atoms with Crippen molar-refractivity contribution in [2.45, 2.75) is 46.2 Å². The molecule has 2 aromatic rings.